The van der Waals surface area contributed by atoms with Crippen molar-refractivity contribution in [3.63, 3.8) is 0 Å². The maximum absolute atomic E-state index is 12.1. The molecular weight excluding hydrogens is 294 g/mol. The molecule has 1 aromatic carbocycles. The first kappa shape index (κ1) is 17.6. The Bertz CT molecular complexity index is 578. The number of carbonyl (C=O) groups is 1. The van der Waals surface area contributed by atoms with Crippen LogP contribution in [0.25, 0.3) is 0 Å². The molecule has 0 heterocycles. The van der Waals surface area contributed by atoms with Gasteiger partial charge in [-0.05, 0) is 37.5 Å². The fraction of sp³-hybridized carbons (Fsp3) is 0.500. The van der Waals surface area contributed by atoms with E-state index in [0.717, 1.165) is 5.56 Å². The van der Waals surface area contributed by atoms with Gasteiger partial charge in [0.1, 0.15) is 0 Å². The first-order valence-electron chi connectivity index (χ1n) is 6.69. The minimum absolute atomic E-state index is 0.00368. The van der Waals surface area contributed by atoms with Gasteiger partial charge in [0.15, 0.2) is 0 Å². The van der Waals surface area contributed by atoms with Crippen molar-refractivity contribution in [3.05, 3.63) is 29.8 Å². The van der Waals surface area contributed by atoms with E-state index in [-0.39, 0.29) is 17.9 Å². The smallest absolute Gasteiger partial charge is 0.303 e. The Balaban J connectivity index is 2.73. The standard InChI is InChI=1S/C14H21NO5S/c1-3-14(2,18)10-15-21(19,20)12-7-4-11(5-8-12)6-9-13(16)17/h4-5,7-8,15,18H,3,6,9-10H2,1-2H3,(H,16,17). The van der Waals surface area contributed by atoms with Crippen LogP contribution >= 0.6 is 0 Å². The molecule has 0 amide bonds. The van der Waals surface area contributed by atoms with Crippen molar-refractivity contribution in [3.8, 4) is 0 Å². The summed E-state index contributed by atoms with van der Waals surface area (Å²) in [5, 5.41) is 18.4. The van der Waals surface area contributed by atoms with Crippen LogP contribution in [0.4, 0.5) is 0 Å². The minimum atomic E-state index is -3.68. The molecule has 3 N–H and O–H groups in total. The van der Waals surface area contributed by atoms with Crippen molar-refractivity contribution >= 4 is 16.0 Å². The molecule has 0 aliphatic rings. The number of carboxylic acids is 1. The Kier molecular flexibility index (Phi) is 5.88. The van der Waals surface area contributed by atoms with Gasteiger partial charge >= 0.3 is 5.97 Å². The predicted molar refractivity (Wildman–Crippen MR) is 78.5 cm³/mol. The van der Waals surface area contributed by atoms with Crippen LogP contribution < -0.4 is 4.72 Å². The molecule has 0 saturated carbocycles. The summed E-state index contributed by atoms with van der Waals surface area (Å²) in [6.07, 6.45) is 0.793. The molecule has 0 aliphatic heterocycles. The van der Waals surface area contributed by atoms with E-state index in [9.17, 15) is 18.3 Å². The molecule has 6 nitrogen and oxygen atoms in total. The highest BCUT2D eigenvalue weighted by molar-refractivity contribution is 7.89. The summed E-state index contributed by atoms with van der Waals surface area (Å²) in [5.74, 6) is -0.893. The van der Waals surface area contributed by atoms with E-state index in [4.69, 9.17) is 5.11 Å². The highest BCUT2D eigenvalue weighted by atomic mass is 32.2. The monoisotopic (exact) mass is 315 g/mol. The van der Waals surface area contributed by atoms with Crippen LogP contribution in [-0.2, 0) is 21.2 Å². The van der Waals surface area contributed by atoms with Gasteiger partial charge in [-0.2, -0.15) is 0 Å². The zero-order valence-corrected chi connectivity index (χ0v) is 13.0. The van der Waals surface area contributed by atoms with Crippen LogP contribution in [0, 0.1) is 0 Å². The maximum Gasteiger partial charge on any atom is 0.303 e. The van der Waals surface area contributed by atoms with Gasteiger partial charge < -0.3 is 10.2 Å². The average molecular weight is 315 g/mol. The second-order valence-electron chi connectivity index (χ2n) is 5.21. The maximum atomic E-state index is 12.1. The summed E-state index contributed by atoms with van der Waals surface area (Å²) in [6.45, 7) is 3.27. The molecule has 118 valence electrons. The fourth-order valence-electron chi connectivity index (χ4n) is 1.55. The normalized spacial score (nSPS) is 14.6. The number of carboxylic acid groups (broad SMARTS) is 1. The van der Waals surface area contributed by atoms with Crippen LogP contribution in [0.1, 0.15) is 32.3 Å². The number of nitrogens with one attached hydrogen (secondary N) is 1. The highest BCUT2D eigenvalue weighted by Gasteiger charge is 2.22. The molecule has 21 heavy (non-hydrogen) atoms. The summed E-state index contributed by atoms with van der Waals surface area (Å²) < 4.78 is 26.5. The Labute approximate surface area is 124 Å². The molecule has 1 unspecified atom stereocenters. The van der Waals surface area contributed by atoms with E-state index in [1.54, 1.807) is 26.0 Å². The lowest BCUT2D eigenvalue weighted by Gasteiger charge is -2.21. The lowest BCUT2D eigenvalue weighted by molar-refractivity contribution is -0.136. The molecule has 0 radical (unpaired) electrons. The molecule has 1 aromatic rings. The third kappa shape index (κ3) is 5.82. The Morgan fingerprint density at radius 2 is 1.86 bits per heavy atom. The second kappa shape index (κ2) is 7.02. The van der Waals surface area contributed by atoms with E-state index in [0.29, 0.717) is 12.8 Å². The first-order valence-corrected chi connectivity index (χ1v) is 8.17. The fourth-order valence-corrected chi connectivity index (χ4v) is 2.71. The molecule has 7 heteroatoms. The van der Waals surface area contributed by atoms with Gasteiger partial charge in [0.2, 0.25) is 10.0 Å². The van der Waals surface area contributed by atoms with E-state index in [1.807, 2.05) is 0 Å². The number of sulfonamides is 1. The molecular formula is C14H21NO5S. The first-order chi connectivity index (χ1) is 9.66. The number of rotatable bonds is 8. The number of aryl methyl sites for hydroxylation is 1. The Hall–Kier alpha value is -1.44. The summed E-state index contributed by atoms with van der Waals surface area (Å²) in [5.41, 5.74) is -0.328. The van der Waals surface area contributed by atoms with Crippen molar-refractivity contribution in [1.82, 2.24) is 4.72 Å². The second-order valence-corrected chi connectivity index (χ2v) is 6.98. The summed E-state index contributed by atoms with van der Waals surface area (Å²) >= 11 is 0. The lowest BCUT2D eigenvalue weighted by atomic mass is 10.1. The van der Waals surface area contributed by atoms with Crippen LogP contribution in [0.15, 0.2) is 29.2 Å². The molecule has 0 aromatic heterocycles. The van der Waals surface area contributed by atoms with Crippen molar-refractivity contribution in [2.75, 3.05) is 6.54 Å². The van der Waals surface area contributed by atoms with Gasteiger partial charge in [-0.1, -0.05) is 19.1 Å². The third-order valence-electron chi connectivity index (χ3n) is 3.27. The molecule has 1 rings (SSSR count). The largest absolute Gasteiger partial charge is 0.481 e. The van der Waals surface area contributed by atoms with E-state index < -0.39 is 21.6 Å². The van der Waals surface area contributed by atoms with E-state index >= 15 is 0 Å². The molecule has 0 bridgehead atoms. The van der Waals surface area contributed by atoms with Crippen LogP contribution in [0.5, 0.6) is 0 Å². The van der Waals surface area contributed by atoms with Crippen LogP contribution in [-0.4, -0.2) is 36.7 Å². The summed E-state index contributed by atoms with van der Waals surface area (Å²) in [6, 6.07) is 6.05. The summed E-state index contributed by atoms with van der Waals surface area (Å²) in [7, 11) is -3.68. The van der Waals surface area contributed by atoms with Gasteiger partial charge in [0.25, 0.3) is 0 Å². The van der Waals surface area contributed by atoms with E-state index in [1.165, 1.54) is 12.1 Å². The van der Waals surface area contributed by atoms with Gasteiger partial charge in [0.05, 0.1) is 10.5 Å². The Morgan fingerprint density at radius 1 is 1.29 bits per heavy atom. The van der Waals surface area contributed by atoms with Crippen LogP contribution in [0.2, 0.25) is 0 Å². The van der Waals surface area contributed by atoms with Crippen molar-refractivity contribution in [2.45, 2.75) is 43.6 Å². The van der Waals surface area contributed by atoms with Gasteiger partial charge in [-0.25, -0.2) is 13.1 Å². The van der Waals surface area contributed by atoms with Crippen molar-refractivity contribution in [2.24, 2.45) is 0 Å². The SMILES string of the molecule is CCC(C)(O)CNS(=O)(=O)c1ccc(CCC(=O)O)cc1. The lowest BCUT2D eigenvalue weighted by Crippen LogP contribution is -2.40. The zero-order valence-electron chi connectivity index (χ0n) is 12.2. The molecule has 0 spiro atoms. The topological polar surface area (TPSA) is 104 Å². The van der Waals surface area contributed by atoms with Crippen molar-refractivity contribution in [1.29, 1.82) is 0 Å². The Morgan fingerprint density at radius 3 is 2.33 bits per heavy atom. The van der Waals surface area contributed by atoms with Gasteiger partial charge in [-0.15, -0.1) is 0 Å². The van der Waals surface area contributed by atoms with Gasteiger partial charge in [0, 0.05) is 13.0 Å². The molecule has 0 saturated heterocycles. The molecule has 1 atom stereocenters. The van der Waals surface area contributed by atoms with E-state index in [2.05, 4.69) is 4.72 Å². The minimum Gasteiger partial charge on any atom is -0.481 e. The number of hydrogen-bond acceptors (Lipinski definition) is 4. The number of hydrogen-bond donors (Lipinski definition) is 3. The zero-order chi connectivity index (χ0) is 16.1. The summed E-state index contributed by atoms with van der Waals surface area (Å²) in [4.78, 5) is 10.6. The predicted octanol–water partition coefficient (Wildman–Crippen LogP) is 1.14. The van der Waals surface area contributed by atoms with Gasteiger partial charge in [-0.3, -0.25) is 4.79 Å². The number of aliphatic carboxylic acids is 1. The van der Waals surface area contributed by atoms with Crippen LogP contribution in [0.3, 0.4) is 0 Å². The average Bonchev–Trinajstić information content (AvgIpc) is 2.44. The third-order valence-corrected chi connectivity index (χ3v) is 4.68. The van der Waals surface area contributed by atoms with Crippen molar-refractivity contribution < 1.29 is 23.4 Å². The molecule has 0 fully saturated rings. The molecule has 0 aliphatic carbocycles. The quantitative estimate of drug-likeness (QED) is 0.667. The number of benzene rings is 1. The number of aliphatic hydroxyl groups is 1. The highest BCUT2D eigenvalue weighted by Crippen LogP contribution is 2.13.